The molecule has 32 heavy (non-hydrogen) atoms. The van der Waals surface area contributed by atoms with Crippen molar-refractivity contribution in [3.05, 3.63) is 81.8 Å². The van der Waals surface area contributed by atoms with Crippen LogP contribution in [0.2, 0.25) is 0 Å². The number of non-ortho nitro benzene ring substituents is 1. The molecule has 2 aromatic heterocycles. The Kier molecular flexibility index (Phi) is 5.17. The molecule has 4 aromatic rings. The van der Waals surface area contributed by atoms with Crippen molar-refractivity contribution in [2.45, 2.75) is 32.0 Å². The van der Waals surface area contributed by atoms with Gasteiger partial charge in [-0.25, -0.2) is 22.8 Å². The zero-order chi connectivity index (χ0) is 23.2. The summed E-state index contributed by atoms with van der Waals surface area (Å²) >= 11 is 0. The molecular formula is C20H17F3N6O3. The molecule has 2 aromatic carbocycles. The number of nitrogens with zero attached hydrogens (tertiary/aromatic N) is 6. The number of fused-ring (bicyclic) bond motifs is 1. The second-order valence-corrected chi connectivity index (χ2v) is 7.43. The van der Waals surface area contributed by atoms with E-state index in [2.05, 4.69) is 15.2 Å². The van der Waals surface area contributed by atoms with Gasteiger partial charge in [-0.3, -0.25) is 14.8 Å². The van der Waals surface area contributed by atoms with Gasteiger partial charge in [-0.15, -0.1) is 0 Å². The van der Waals surface area contributed by atoms with E-state index in [9.17, 15) is 28.4 Å². The molecule has 2 heterocycles. The summed E-state index contributed by atoms with van der Waals surface area (Å²) in [6.07, 6.45) is 2.54. The van der Waals surface area contributed by atoms with Crippen molar-refractivity contribution in [1.29, 1.82) is 0 Å². The normalized spacial score (nSPS) is 14.4. The molecule has 0 saturated heterocycles. The zero-order valence-electron chi connectivity index (χ0n) is 16.9. The number of nitro groups is 1. The Balaban J connectivity index is 1.90. The van der Waals surface area contributed by atoms with Crippen LogP contribution in [0.1, 0.15) is 24.2 Å². The van der Waals surface area contributed by atoms with Gasteiger partial charge in [0.25, 0.3) is 5.69 Å². The highest BCUT2D eigenvalue weighted by molar-refractivity contribution is 5.84. The van der Waals surface area contributed by atoms with Crippen LogP contribution in [0.3, 0.4) is 0 Å². The molecule has 0 fully saturated rings. The Morgan fingerprint density at radius 2 is 1.97 bits per heavy atom. The Hall–Kier alpha value is -3.80. The summed E-state index contributed by atoms with van der Waals surface area (Å²) in [5.41, 5.74) is -2.53. The number of aliphatic hydroxyl groups is 1. The molecule has 0 spiro atoms. The van der Waals surface area contributed by atoms with Crippen LogP contribution in [-0.2, 0) is 12.1 Å². The highest BCUT2D eigenvalue weighted by atomic mass is 19.1. The largest absolute Gasteiger partial charge is 0.381 e. The van der Waals surface area contributed by atoms with Crippen molar-refractivity contribution in [3.8, 4) is 0 Å². The summed E-state index contributed by atoms with van der Waals surface area (Å²) in [5.74, 6) is -2.72. The molecule has 0 aliphatic heterocycles. The van der Waals surface area contributed by atoms with Crippen molar-refractivity contribution >= 4 is 16.6 Å². The first-order valence-electron chi connectivity index (χ1n) is 9.45. The Labute approximate surface area is 178 Å². The van der Waals surface area contributed by atoms with E-state index >= 15 is 0 Å². The highest BCUT2D eigenvalue weighted by Gasteiger charge is 2.41. The number of hydrogen-bond acceptors (Lipinski definition) is 6. The van der Waals surface area contributed by atoms with Crippen molar-refractivity contribution in [2.75, 3.05) is 0 Å². The van der Waals surface area contributed by atoms with Gasteiger partial charge in [0.05, 0.1) is 23.6 Å². The molecule has 0 unspecified atom stereocenters. The SMILES string of the molecule is Cc1c2cc([N+](=O)[O-])cc(F)c2nn1[C@H](C)[C@](O)(Cn1cncn1)c1ccc(F)cc1F. The average Bonchev–Trinajstić information content (AvgIpc) is 3.35. The minimum absolute atomic E-state index is 0.136. The van der Waals surface area contributed by atoms with E-state index in [1.165, 1.54) is 35.0 Å². The summed E-state index contributed by atoms with van der Waals surface area (Å²) in [6.45, 7) is 2.78. The molecule has 0 radical (unpaired) electrons. The second kappa shape index (κ2) is 7.71. The predicted molar refractivity (Wildman–Crippen MR) is 106 cm³/mol. The maximum absolute atomic E-state index is 14.8. The fourth-order valence-corrected chi connectivity index (χ4v) is 3.80. The molecule has 0 aliphatic rings. The third-order valence-electron chi connectivity index (χ3n) is 5.53. The third-order valence-corrected chi connectivity index (χ3v) is 5.53. The van der Waals surface area contributed by atoms with E-state index in [1.807, 2.05) is 0 Å². The first-order valence-corrected chi connectivity index (χ1v) is 9.45. The van der Waals surface area contributed by atoms with Crippen LogP contribution in [0.15, 0.2) is 43.0 Å². The molecule has 0 bridgehead atoms. The van der Waals surface area contributed by atoms with E-state index in [4.69, 9.17) is 0 Å². The topological polar surface area (TPSA) is 112 Å². The van der Waals surface area contributed by atoms with Crippen LogP contribution in [-0.4, -0.2) is 34.6 Å². The summed E-state index contributed by atoms with van der Waals surface area (Å²) in [5, 5.41) is 31.1. The smallest absolute Gasteiger partial charge is 0.273 e. The fourth-order valence-electron chi connectivity index (χ4n) is 3.80. The lowest BCUT2D eigenvalue weighted by Crippen LogP contribution is -2.41. The molecule has 12 heteroatoms. The van der Waals surface area contributed by atoms with Gasteiger partial charge in [-0.05, 0) is 19.9 Å². The fraction of sp³-hybridized carbons (Fsp3) is 0.250. The van der Waals surface area contributed by atoms with E-state index in [-0.39, 0.29) is 23.0 Å². The Morgan fingerprint density at radius 1 is 1.22 bits per heavy atom. The minimum Gasteiger partial charge on any atom is -0.381 e. The summed E-state index contributed by atoms with van der Waals surface area (Å²) in [6, 6.07) is 3.67. The first kappa shape index (κ1) is 21.4. The van der Waals surface area contributed by atoms with E-state index in [0.717, 1.165) is 18.2 Å². The Morgan fingerprint density at radius 3 is 2.59 bits per heavy atom. The van der Waals surface area contributed by atoms with Crippen LogP contribution in [0.25, 0.3) is 10.9 Å². The van der Waals surface area contributed by atoms with Gasteiger partial charge in [-0.2, -0.15) is 10.2 Å². The standard InChI is InChI=1S/C20H17F3N6O3/c1-11-15-6-14(29(31)32)7-18(23)19(15)26-28(11)12(2)20(30,8-27-10-24-9-25-27)16-4-3-13(21)5-17(16)22/h3-7,9-10,12,30H,8H2,1-2H3/t12-,20-/m1/s1. The van der Waals surface area contributed by atoms with Crippen LogP contribution < -0.4 is 0 Å². The second-order valence-electron chi connectivity index (χ2n) is 7.43. The van der Waals surface area contributed by atoms with Gasteiger partial charge in [0, 0.05) is 28.8 Å². The van der Waals surface area contributed by atoms with Gasteiger partial charge in [0.1, 0.15) is 35.4 Å². The monoisotopic (exact) mass is 446 g/mol. The molecular weight excluding hydrogens is 429 g/mol. The van der Waals surface area contributed by atoms with Crippen LogP contribution in [0.4, 0.5) is 18.9 Å². The lowest BCUT2D eigenvalue weighted by atomic mass is 9.86. The summed E-state index contributed by atoms with van der Waals surface area (Å²) in [7, 11) is 0. The zero-order valence-corrected chi connectivity index (χ0v) is 16.9. The minimum atomic E-state index is -2.03. The van der Waals surface area contributed by atoms with Crippen molar-refractivity contribution in [3.63, 3.8) is 0 Å². The summed E-state index contributed by atoms with van der Waals surface area (Å²) < 4.78 is 45.3. The quantitative estimate of drug-likeness (QED) is 0.359. The van der Waals surface area contributed by atoms with E-state index < -0.39 is 39.7 Å². The predicted octanol–water partition coefficient (Wildman–Crippen LogP) is 3.41. The first-order chi connectivity index (χ1) is 15.1. The van der Waals surface area contributed by atoms with Crippen LogP contribution in [0, 0.1) is 34.5 Å². The maximum Gasteiger partial charge on any atom is 0.273 e. The van der Waals surface area contributed by atoms with Crippen molar-refractivity contribution in [1.82, 2.24) is 24.5 Å². The average molecular weight is 446 g/mol. The lowest BCUT2D eigenvalue weighted by Gasteiger charge is -2.35. The van der Waals surface area contributed by atoms with E-state index in [1.54, 1.807) is 6.92 Å². The number of aromatic nitrogens is 5. The maximum atomic E-state index is 14.8. The van der Waals surface area contributed by atoms with Gasteiger partial charge in [0.2, 0.25) is 0 Å². The molecule has 0 amide bonds. The van der Waals surface area contributed by atoms with E-state index in [0.29, 0.717) is 11.8 Å². The number of aryl methyl sites for hydroxylation is 1. The molecule has 1 N–H and O–H groups in total. The van der Waals surface area contributed by atoms with Gasteiger partial charge in [0.15, 0.2) is 5.82 Å². The number of nitro benzene ring substituents is 1. The van der Waals surface area contributed by atoms with Crippen molar-refractivity contribution in [2.24, 2.45) is 0 Å². The molecule has 166 valence electrons. The molecule has 0 aliphatic carbocycles. The van der Waals surface area contributed by atoms with Crippen molar-refractivity contribution < 1.29 is 23.2 Å². The van der Waals surface area contributed by atoms with Gasteiger partial charge in [-0.1, -0.05) is 6.07 Å². The number of halogens is 3. The molecule has 0 saturated carbocycles. The number of hydrogen-bond donors (Lipinski definition) is 1. The Bertz CT molecular complexity index is 1320. The molecule has 2 atom stereocenters. The van der Waals surface area contributed by atoms with Crippen LogP contribution in [0.5, 0.6) is 0 Å². The summed E-state index contributed by atoms with van der Waals surface area (Å²) in [4.78, 5) is 14.2. The van der Waals surface area contributed by atoms with Gasteiger partial charge < -0.3 is 5.11 Å². The van der Waals surface area contributed by atoms with Crippen LogP contribution >= 0.6 is 0 Å². The number of rotatable bonds is 6. The number of benzene rings is 2. The van der Waals surface area contributed by atoms with Gasteiger partial charge >= 0.3 is 0 Å². The third kappa shape index (κ3) is 3.47. The molecule has 9 nitrogen and oxygen atoms in total. The molecule has 4 rings (SSSR count). The highest BCUT2D eigenvalue weighted by Crippen LogP contribution is 2.38. The lowest BCUT2D eigenvalue weighted by molar-refractivity contribution is -0.384.